The number of nitrogen functional groups attached to an aromatic ring is 1. The third kappa shape index (κ3) is 3.79. The van der Waals surface area contributed by atoms with Crippen LogP contribution in [0, 0.1) is 11.7 Å². The molecule has 1 fully saturated rings. The highest BCUT2D eigenvalue weighted by molar-refractivity contribution is 5.70. The number of nitrogens with two attached hydrogens (primary N) is 1. The van der Waals surface area contributed by atoms with E-state index in [1.165, 1.54) is 6.07 Å². The zero-order valence-electron chi connectivity index (χ0n) is 13.0. The Balaban J connectivity index is 2.16. The van der Waals surface area contributed by atoms with E-state index in [1.54, 1.807) is 6.07 Å². The van der Waals surface area contributed by atoms with Gasteiger partial charge in [0.25, 0.3) is 0 Å². The molecule has 0 aliphatic carbocycles. The summed E-state index contributed by atoms with van der Waals surface area (Å²) in [6.45, 7) is 7.19. The van der Waals surface area contributed by atoms with Crippen molar-refractivity contribution in [2.75, 3.05) is 23.7 Å². The van der Waals surface area contributed by atoms with E-state index >= 15 is 0 Å². The highest BCUT2D eigenvalue weighted by atomic mass is 19.1. The van der Waals surface area contributed by atoms with E-state index < -0.39 is 5.82 Å². The number of ether oxygens (including phenoxy) is 1. The van der Waals surface area contributed by atoms with Crippen LogP contribution in [0.2, 0.25) is 0 Å². The Kier molecular flexibility index (Phi) is 4.93. The number of benzene rings is 1. The highest BCUT2D eigenvalue weighted by Crippen LogP contribution is 2.34. The van der Waals surface area contributed by atoms with Crippen molar-refractivity contribution in [3.63, 3.8) is 0 Å². The van der Waals surface area contributed by atoms with Crippen LogP contribution in [-0.4, -0.2) is 30.4 Å². The second-order valence-electron chi connectivity index (χ2n) is 6.07. The van der Waals surface area contributed by atoms with Crippen molar-refractivity contribution in [1.82, 2.24) is 0 Å². The van der Waals surface area contributed by atoms with Gasteiger partial charge in [-0.2, -0.15) is 0 Å². The first-order valence-electron chi connectivity index (χ1n) is 7.57. The molecule has 1 saturated heterocycles. The maximum absolute atomic E-state index is 13.9. The predicted octanol–water partition coefficient (Wildman–Crippen LogP) is 2.79. The van der Waals surface area contributed by atoms with Crippen LogP contribution in [-0.2, 0) is 0 Å². The van der Waals surface area contributed by atoms with Gasteiger partial charge in [0.15, 0.2) is 11.6 Å². The summed E-state index contributed by atoms with van der Waals surface area (Å²) in [5.74, 6) is 0.143. The lowest BCUT2D eigenvalue weighted by Crippen LogP contribution is -2.37. The fourth-order valence-corrected chi connectivity index (χ4v) is 2.80. The number of anilines is 2. The second-order valence-corrected chi connectivity index (χ2v) is 6.07. The van der Waals surface area contributed by atoms with Gasteiger partial charge in [-0.1, -0.05) is 0 Å². The molecule has 21 heavy (non-hydrogen) atoms. The molecule has 1 aromatic carbocycles. The molecule has 3 N–H and O–H groups in total. The van der Waals surface area contributed by atoms with Crippen molar-refractivity contribution in [1.29, 1.82) is 0 Å². The molecule has 0 bridgehead atoms. The topological polar surface area (TPSA) is 58.7 Å². The summed E-state index contributed by atoms with van der Waals surface area (Å²) in [6.07, 6.45) is 1.46. The minimum atomic E-state index is -0.427. The molecule has 1 aromatic rings. The fourth-order valence-electron chi connectivity index (χ4n) is 2.80. The molecule has 1 unspecified atom stereocenters. The lowest BCUT2D eigenvalue weighted by molar-refractivity contribution is 0.110. The molecule has 1 aliphatic heterocycles. The van der Waals surface area contributed by atoms with Crippen LogP contribution in [0.3, 0.4) is 0 Å². The molecule has 1 atom stereocenters. The first-order chi connectivity index (χ1) is 9.88. The lowest BCUT2D eigenvalue weighted by Gasteiger charge is -2.35. The Morgan fingerprint density at radius 3 is 2.43 bits per heavy atom. The van der Waals surface area contributed by atoms with Crippen LogP contribution in [0.5, 0.6) is 5.75 Å². The van der Waals surface area contributed by atoms with Gasteiger partial charge in [0.05, 0.1) is 23.6 Å². The van der Waals surface area contributed by atoms with Crippen molar-refractivity contribution < 1.29 is 14.2 Å². The normalized spacial score (nSPS) is 18.1. The molecule has 2 rings (SSSR count). The third-order valence-corrected chi connectivity index (χ3v) is 4.01. The Morgan fingerprint density at radius 2 is 1.90 bits per heavy atom. The maximum Gasteiger partial charge on any atom is 0.167 e. The summed E-state index contributed by atoms with van der Waals surface area (Å²) in [5, 5.41) is 9.66. The predicted molar refractivity (Wildman–Crippen MR) is 83.2 cm³/mol. The van der Waals surface area contributed by atoms with Crippen molar-refractivity contribution in [2.24, 2.45) is 5.92 Å². The van der Waals surface area contributed by atoms with Crippen LogP contribution in [0.1, 0.15) is 33.6 Å². The molecule has 0 spiro atoms. The number of hydrogen-bond donors (Lipinski definition) is 2. The van der Waals surface area contributed by atoms with E-state index in [0.717, 1.165) is 31.6 Å². The van der Waals surface area contributed by atoms with Gasteiger partial charge in [-0.25, -0.2) is 4.39 Å². The van der Waals surface area contributed by atoms with Gasteiger partial charge in [-0.05, 0) is 39.5 Å². The average Bonchev–Trinajstić information content (AvgIpc) is 2.41. The van der Waals surface area contributed by atoms with Crippen LogP contribution in [0.15, 0.2) is 12.1 Å². The summed E-state index contributed by atoms with van der Waals surface area (Å²) >= 11 is 0. The maximum atomic E-state index is 13.9. The first kappa shape index (κ1) is 15.9. The lowest BCUT2D eigenvalue weighted by atomic mass is 9.92. The number of hydrogen-bond acceptors (Lipinski definition) is 4. The summed E-state index contributed by atoms with van der Waals surface area (Å²) in [5.41, 5.74) is 7.21. The summed E-state index contributed by atoms with van der Waals surface area (Å²) in [7, 11) is 0. The Labute approximate surface area is 125 Å². The summed E-state index contributed by atoms with van der Waals surface area (Å²) in [4.78, 5) is 2.14. The van der Waals surface area contributed by atoms with E-state index in [1.807, 2.05) is 20.8 Å². The third-order valence-electron chi connectivity index (χ3n) is 4.01. The largest absolute Gasteiger partial charge is 0.488 e. The van der Waals surface area contributed by atoms with Gasteiger partial charge >= 0.3 is 0 Å². The Hall–Kier alpha value is -1.49. The van der Waals surface area contributed by atoms with Crippen LogP contribution < -0.4 is 15.4 Å². The molecule has 1 aliphatic rings. The summed E-state index contributed by atoms with van der Waals surface area (Å²) < 4.78 is 19.4. The van der Waals surface area contributed by atoms with E-state index in [-0.39, 0.29) is 18.0 Å². The summed E-state index contributed by atoms with van der Waals surface area (Å²) in [6, 6.07) is 3.02. The number of aliphatic hydroxyl groups is 1. The zero-order chi connectivity index (χ0) is 15.6. The van der Waals surface area contributed by atoms with Crippen LogP contribution >= 0.6 is 0 Å². The van der Waals surface area contributed by atoms with Gasteiger partial charge in [-0.15, -0.1) is 0 Å². The number of rotatable bonds is 4. The van der Waals surface area contributed by atoms with E-state index in [0.29, 0.717) is 11.6 Å². The minimum absolute atomic E-state index is 0.0862. The van der Waals surface area contributed by atoms with Crippen LogP contribution in [0.25, 0.3) is 0 Å². The van der Waals surface area contributed by atoms with Crippen molar-refractivity contribution in [2.45, 2.75) is 45.8 Å². The molecule has 0 saturated carbocycles. The number of aliphatic hydroxyl groups excluding tert-OH is 1. The molecule has 0 aromatic heterocycles. The van der Waals surface area contributed by atoms with Crippen molar-refractivity contribution >= 4 is 11.4 Å². The van der Waals surface area contributed by atoms with Gasteiger partial charge in [0, 0.05) is 25.2 Å². The van der Waals surface area contributed by atoms with Gasteiger partial charge in [0.2, 0.25) is 0 Å². The van der Waals surface area contributed by atoms with Crippen molar-refractivity contribution in [3.05, 3.63) is 17.9 Å². The number of piperidine rings is 1. The molecular formula is C16H25FN2O2. The monoisotopic (exact) mass is 296 g/mol. The van der Waals surface area contributed by atoms with E-state index in [2.05, 4.69) is 4.90 Å². The number of halogens is 1. The molecular weight excluding hydrogens is 271 g/mol. The van der Waals surface area contributed by atoms with Gasteiger partial charge in [0.1, 0.15) is 0 Å². The number of nitrogens with zero attached hydrogens (tertiary/aromatic N) is 1. The molecule has 4 nitrogen and oxygen atoms in total. The average molecular weight is 296 g/mol. The molecule has 5 heteroatoms. The smallest absolute Gasteiger partial charge is 0.167 e. The van der Waals surface area contributed by atoms with Crippen LogP contribution in [0.4, 0.5) is 15.8 Å². The zero-order valence-corrected chi connectivity index (χ0v) is 13.0. The molecule has 0 radical (unpaired) electrons. The second kappa shape index (κ2) is 6.52. The SMILES string of the molecule is CC(C)Oc1cc(N2CCC(C(C)O)CC2)c(N)cc1F. The quantitative estimate of drug-likeness (QED) is 0.839. The highest BCUT2D eigenvalue weighted by Gasteiger charge is 2.24. The Bertz CT molecular complexity index is 483. The first-order valence-corrected chi connectivity index (χ1v) is 7.57. The van der Waals surface area contributed by atoms with Gasteiger partial charge in [-0.3, -0.25) is 0 Å². The Morgan fingerprint density at radius 1 is 1.29 bits per heavy atom. The van der Waals surface area contributed by atoms with Gasteiger partial charge < -0.3 is 20.5 Å². The van der Waals surface area contributed by atoms with E-state index in [4.69, 9.17) is 10.5 Å². The minimum Gasteiger partial charge on any atom is -0.488 e. The standard InChI is InChI=1S/C16H25FN2O2/c1-10(2)21-16-9-15(14(18)8-13(16)17)19-6-4-12(5-7-19)11(3)20/h8-12,20H,4-7,18H2,1-3H3. The fraction of sp³-hybridized carbons (Fsp3) is 0.625. The molecule has 0 amide bonds. The molecule has 118 valence electrons. The molecule has 1 heterocycles. The van der Waals surface area contributed by atoms with E-state index in [9.17, 15) is 9.50 Å². The van der Waals surface area contributed by atoms with Crippen molar-refractivity contribution in [3.8, 4) is 5.75 Å².